The summed E-state index contributed by atoms with van der Waals surface area (Å²) in [6, 6.07) is 29.1. The van der Waals surface area contributed by atoms with E-state index in [0.29, 0.717) is 17.9 Å². The SMILES string of the molecule is COP(=O)(CC/C(OCc1ccccc1)=C(\OCc1ccccc1)C(C)CN(C=O)OCc1ccccc1)OC. The van der Waals surface area contributed by atoms with E-state index in [-0.39, 0.29) is 44.9 Å². The van der Waals surface area contributed by atoms with Crippen LogP contribution in [0.2, 0.25) is 0 Å². The van der Waals surface area contributed by atoms with E-state index in [1.807, 2.05) is 97.9 Å². The van der Waals surface area contributed by atoms with Crippen LogP contribution >= 0.6 is 7.60 Å². The Bertz CT molecular complexity index is 1210. The Morgan fingerprint density at radius 2 is 1.25 bits per heavy atom. The van der Waals surface area contributed by atoms with Gasteiger partial charge in [-0.1, -0.05) is 97.9 Å². The molecule has 8 nitrogen and oxygen atoms in total. The molecule has 0 aliphatic heterocycles. The van der Waals surface area contributed by atoms with Gasteiger partial charge in [0.2, 0.25) is 6.41 Å². The lowest BCUT2D eigenvalue weighted by molar-refractivity contribution is -0.180. The topological polar surface area (TPSA) is 83.5 Å². The minimum Gasteiger partial charge on any atom is -0.490 e. The van der Waals surface area contributed by atoms with Gasteiger partial charge in [-0.3, -0.25) is 14.2 Å². The Balaban J connectivity index is 1.87. The molecule has 1 atom stereocenters. The van der Waals surface area contributed by atoms with Crippen molar-refractivity contribution in [2.75, 3.05) is 26.9 Å². The zero-order valence-corrected chi connectivity index (χ0v) is 24.2. The fourth-order valence-corrected chi connectivity index (χ4v) is 4.94. The molecule has 0 saturated heterocycles. The van der Waals surface area contributed by atoms with Crippen LogP contribution in [0.5, 0.6) is 0 Å². The molecule has 3 aromatic rings. The van der Waals surface area contributed by atoms with Crippen LogP contribution in [0.1, 0.15) is 30.0 Å². The van der Waals surface area contributed by atoms with Crippen molar-refractivity contribution in [2.24, 2.45) is 5.92 Å². The first kappa shape index (κ1) is 31.1. The maximum Gasteiger partial charge on any atom is 0.330 e. The maximum atomic E-state index is 12.9. The largest absolute Gasteiger partial charge is 0.490 e. The van der Waals surface area contributed by atoms with Crippen molar-refractivity contribution >= 4 is 14.0 Å². The van der Waals surface area contributed by atoms with Crippen molar-refractivity contribution in [1.82, 2.24) is 5.06 Å². The molecule has 0 bridgehead atoms. The molecule has 9 heteroatoms. The van der Waals surface area contributed by atoms with E-state index >= 15 is 0 Å². The first-order valence-electron chi connectivity index (χ1n) is 13.1. The number of amides is 1. The summed E-state index contributed by atoms with van der Waals surface area (Å²) in [6.45, 7) is 2.97. The van der Waals surface area contributed by atoms with Crippen LogP contribution in [0.15, 0.2) is 103 Å². The van der Waals surface area contributed by atoms with Gasteiger partial charge in [-0.05, 0) is 16.7 Å². The van der Waals surface area contributed by atoms with Gasteiger partial charge in [-0.25, -0.2) is 5.06 Å². The molecule has 214 valence electrons. The van der Waals surface area contributed by atoms with E-state index in [1.54, 1.807) is 0 Å². The molecule has 40 heavy (non-hydrogen) atoms. The molecule has 3 rings (SSSR count). The van der Waals surface area contributed by atoms with Gasteiger partial charge in [-0.2, -0.15) is 0 Å². The van der Waals surface area contributed by atoms with Crippen molar-refractivity contribution < 1.29 is 32.7 Å². The molecule has 0 aliphatic rings. The first-order chi connectivity index (χ1) is 19.5. The Kier molecular flexibility index (Phi) is 12.9. The maximum absolute atomic E-state index is 12.9. The minimum absolute atomic E-state index is 0.0942. The van der Waals surface area contributed by atoms with Crippen LogP contribution in [-0.2, 0) is 52.5 Å². The molecule has 0 fully saturated rings. The van der Waals surface area contributed by atoms with E-state index in [0.717, 1.165) is 16.7 Å². The molecular weight excluding hydrogens is 529 g/mol. The van der Waals surface area contributed by atoms with E-state index in [1.165, 1.54) is 19.3 Å². The van der Waals surface area contributed by atoms with Crippen molar-refractivity contribution in [2.45, 2.75) is 33.2 Å². The molecule has 0 heterocycles. The Hall–Kier alpha value is -3.42. The highest BCUT2D eigenvalue weighted by Crippen LogP contribution is 2.47. The second-order valence-electron chi connectivity index (χ2n) is 9.15. The highest BCUT2D eigenvalue weighted by atomic mass is 31.2. The second kappa shape index (κ2) is 16.6. The van der Waals surface area contributed by atoms with Gasteiger partial charge in [0.1, 0.15) is 31.3 Å². The zero-order valence-electron chi connectivity index (χ0n) is 23.3. The third kappa shape index (κ3) is 10.3. The highest BCUT2D eigenvalue weighted by molar-refractivity contribution is 7.53. The predicted octanol–water partition coefficient (Wildman–Crippen LogP) is 6.73. The molecule has 1 amide bonds. The number of benzene rings is 3. The van der Waals surface area contributed by atoms with E-state index in [9.17, 15) is 9.36 Å². The van der Waals surface area contributed by atoms with Gasteiger partial charge in [-0.15, -0.1) is 0 Å². The Morgan fingerprint density at radius 1 is 0.775 bits per heavy atom. The third-order valence-corrected chi connectivity index (χ3v) is 8.08. The summed E-state index contributed by atoms with van der Waals surface area (Å²) >= 11 is 0. The van der Waals surface area contributed by atoms with Crippen LogP contribution < -0.4 is 0 Å². The normalized spacial score (nSPS) is 12.8. The summed E-state index contributed by atoms with van der Waals surface area (Å²) in [5.41, 5.74) is 2.89. The van der Waals surface area contributed by atoms with Crippen LogP contribution in [0, 0.1) is 5.92 Å². The number of carbonyl (C=O) groups is 1. The van der Waals surface area contributed by atoms with E-state index in [2.05, 4.69) is 0 Å². The third-order valence-electron chi connectivity index (χ3n) is 6.20. The van der Waals surface area contributed by atoms with Crippen LogP contribution in [-0.4, -0.2) is 38.4 Å². The monoisotopic (exact) mass is 567 g/mol. The standard InChI is InChI=1S/C31H38NO7P/c1-26(21-32(25-33)39-24-29-17-11-6-12-18-29)31(38-23-28-15-9-5-10-16-28)30(19-20-40(34,35-2)36-3)37-22-27-13-7-4-8-14-27/h4-18,25-26H,19-24H2,1-3H3/b31-30+. The summed E-state index contributed by atoms with van der Waals surface area (Å²) in [6.07, 6.45) is 0.992. The molecule has 0 spiro atoms. The fourth-order valence-electron chi connectivity index (χ4n) is 3.95. The molecular formula is C31H38NO7P. The molecule has 0 saturated carbocycles. The summed E-state index contributed by atoms with van der Waals surface area (Å²) < 4.78 is 35.9. The number of carbonyl (C=O) groups excluding carboxylic acids is 1. The van der Waals surface area contributed by atoms with Crippen molar-refractivity contribution in [3.8, 4) is 0 Å². The zero-order chi connectivity index (χ0) is 28.6. The average molecular weight is 568 g/mol. The number of nitrogens with zero attached hydrogens (tertiary/aromatic N) is 1. The lowest BCUT2D eigenvalue weighted by Crippen LogP contribution is -2.29. The van der Waals surface area contributed by atoms with Gasteiger partial charge < -0.3 is 18.5 Å². The van der Waals surface area contributed by atoms with Crippen LogP contribution in [0.25, 0.3) is 0 Å². The minimum atomic E-state index is -3.32. The molecule has 3 aromatic carbocycles. The number of hydrogen-bond donors (Lipinski definition) is 0. The van der Waals surface area contributed by atoms with Crippen molar-refractivity contribution in [1.29, 1.82) is 0 Å². The van der Waals surface area contributed by atoms with Gasteiger partial charge >= 0.3 is 7.60 Å². The summed E-state index contributed by atoms with van der Waals surface area (Å²) in [7, 11) is -0.594. The number of ether oxygens (including phenoxy) is 2. The van der Waals surface area contributed by atoms with Gasteiger partial charge in [0.15, 0.2) is 0 Å². The van der Waals surface area contributed by atoms with Gasteiger partial charge in [0.25, 0.3) is 0 Å². The van der Waals surface area contributed by atoms with Crippen molar-refractivity contribution in [3.05, 3.63) is 119 Å². The number of hydrogen-bond acceptors (Lipinski definition) is 7. The number of allylic oxidation sites excluding steroid dienone is 1. The molecule has 0 N–H and O–H groups in total. The van der Waals surface area contributed by atoms with Gasteiger partial charge in [0, 0.05) is 26.6 Å². The van der Waals surface area contributed by atoms with E-state index in [4.69, 9.17) is 23.4 Å². The summed E-state index contributed by atoms with van der Waals surface area (Å²) in [5, 5.41) is 1.26. The number of hydroxylamine groups is 2. The predicted molar refractivity (Wildman–Crippen MR) is 154 cm³/mol. The number of rotatable bonds is 18. The lowest BCUT2D eigenvalue weighted by atomic mass is 10.1. The Morgan fingerprint density at radius 3 is 1.73 bits per heavy atom. The Labute approximate surface area is 237 Å². The molecule has 0 radical (unpaired) electrons. The molecule has 0 aromatic heterocycles. The second-order valence-corrected chi connectivity index (χ2v) is 11.6. The van der Waals surface area contributed by atoms with E-state index < -0.39 is 7.60 Å². The molecule has 0 aliphatic carbocycles. The summed E-state index contributed by atoms with van der Waals surface area (Å²) in [5.74, 6) is 0.726. The molecule has 1 unspecified atom stereocenters. The lowest BCUT2D eigenvalue weighted by Gasteiger charge is -2.26. The quantitative estimate of drug-likeness (QED) is 0.0729. The average Bonchev–Trinajstić information content (AvgIpc) is 3.01. The van der Waals surface area contributed by atoms with Crippen LogP contribution in [0.4, 0.5) is 0 Å². The smallest absolute Gasteiger partial charge is 0.330 e. The van der Waals surface area contributed by atoms with Crippen molar-refractivity contribution in [3.63, 3.8) is 0 Å². The summed E-state index contributed by atoms with van der Waals surface area (Å²) in [4.78, 5) is 17.7. The van der Waals surface area contributed by atoms with Gasteiger partial charge in [0.05, 0.1) is 12.7 Å². The highest BCUT2D eigenvalue weighted by Gasteiger charge is 2.26. The first-order valence-corrected chi connectivity index (χ1v) is 14.8. The van der Waals surface area contributed by atoms with Crippen LogP contribution in [0.3, 0.4) is 0 Å². The fraction of sp³-hybridized carbons (Fsp3) is 0.323.